The number of hydrogen-bond donors (Lipinski definition) is 0. The summed E-state index contributed by atoms with van der Waals surface area (Å²) in [5.74, 6) is 0. The van der Waals surface area contributed by atoms with E-state index in [9.17, 15) is 21.6 Å². The fourth-order valence-corrected chi connectivity index (χ4v) is 3.12. The first-order chi connectivity index (χ1) is 9.60. The minimum Gasteiger partial charge on any atom is -0.256 e. The maximum atomic E-state index is 12.5. The summed E-state index contributed by atoms with van der Waals surface area (Å²) in [6.07, 6.45) is -2.80. The molecule has 0 fully saturated rings. The van der Waals surface area contributed by atoms with Crippen molar-refractivity contribution in [3.63, 3.8) is 0 Å². The summed E-state index contributed by atoms with van der Waals surface area (Å²) < 4.78 is 60.6. The highest BCUT2D eigenvalue weighted by Crippen LogP contribution is 2.34. The van der Waals surface area contributed by atoms with E-state index >= 15 is 0 Å². The van der Waals surface area contributed by atoms with Gasteiger partial charge in [-0.25, -0.2) is 8.42 Å². The van der Waals surface area contributed by atoms with Crippen molar-refractivity contribution in [3.8, 4) is 11.3 Å². The van der Waals surface area contributed by atoms with Crippen molar-refractivity contribution in [3.05, 3.63) is 47.1 Å². The van der Waals surface area contributed by atoms with Crippen LogP contribution in [-0.4, -0.2) is 19.7 Å². The van der Waals surface area contributed by atoms with E-state index in [4.69, 9.17) is 11.6 Å². The molecule has 8 heteroatoms. The largest absolute Gasteiger partial charge is 0.417 e. The minimum absolute atomic E-state index is 0.0627. The standard InChI is InChI=1S/C13H9ClF3NO2S/c1-21(19,20)11-4-2-3-9(12(11)14)10-6-5-8(7-18-10)13(15,16)17/h2-7H,1H3. The second-order valence-electron chi connectivity index (χ2n) is 4.32. The lowest BCUT2D eigenvalue weighted by molar-refractivity contribution is -0.137. The molecule has 2 rings (SSSR count). The van der Waals surface area contributed by atoms with Crippen molar-refractivity contribution < 1.29 is 21.6 Å². The van der Waals surface area contributed by atoms with Crippen LogP contribution in [0.3, 0.4) is 0 Å². The SMILES string of the molecule is CS(=O)(=O)c1cccc(-c2ccc(C(F)(F)F)cn2)c1Cl. The summed E-state index contributed by atoms with van der Waals surface area (Å²) in [6.45, 7) is 0. The van der Waals surface area contributed by atoms with Crippen molar-refractivity contribution in [1.29, 1.82) is 0 Å². The lowest BCUT2D eigenvalue weighted by Crippen LogP contribution is -2.05. The molecule has 2 aromatic rings. The van der Waals surface area contributed by atoms with E-state index in [0.29, 0.717) is 6.20 Å². The van der Waals surface area contributed by atoms with Crippen LogP contribution in [0.15, 0.2) is 41.4 Å². The summed E-state index contributed by atoms with van der Waals surface area (Å²) in [5, 5.41) is -0.0627. The van der Waals surface area contributed by atoms with Crippen molar-refractivity contribution >= 4 is 21.4 Å². The average molecular weight is 336 g/mol. The zero-order chi connectivity index (χ0) is 15.8. The normalized spacial score (nSPS) is 12.4. The van der Waals surface area contributed by atoms with Crippen LogP contribution in [-0.2, 0) is 16.0 Å². The summed E-state index contributed by atoms with van der Waals surface area (Å²) >= 11 is 6.02. The van der Waals surface area contributed by atoms with Gasteiger partial charge in [-0.05, 0) is 18.2 Å². The van der Waals surface area contributed by atoms with Crippen LogP contribution in [0.2, 0.25) is 5.02 Å². The maximum Gasteiger partial charge on any atom is 0.417 e. The fourth-order valence-electron chi connectivity index (χ4n) is 1.72. The molecule has 0 spiro atoms. The molecule has 0 N–H and O–H groups in total. The van der Waals surface area contributed by atoms with Crippen LogP contribution in [0.1, 0.15) is 5.56 Å². The van der Waals surface area contributed by atoms with Crippen molar-refractivity contribution in [2.75, 3.05) is 6.26 Å². The lowest BCUT2D eigenvalue weighted by Gasteiger charge is -2.09. The fraction of sp³-hybridized carbons (Fsp3) is 0.154. The van der Waals surface area contributed by atoms with Gasteiger partial charge in [0.25, 0.3) is 0 Å². The molecule has 0 amide bonds. The molecule has 0 aliphatic carbocycles. The zero-order valence-electron chi connectivity index (χ0n) is 10.6. The van der Waals surface area contributed by atoms with E-state index in [-0.39, 0.29) is 21.2 Å². The van der Waals surface area contributed by atoms with Crippen LogP contribution >= 0.6 is 11.6 Å². The summed E-state index contributed by atoms with van der Waals surface area (Å²) in [4.78, 5) is 3.61. The monoisotopic (exact) mass is 335 g/mol. The molecule has 0 unspecified atom stereocenters. The third-order valence-electron chi connectivity index (χ3n) is 2.73. The number of benzene rings is 1. The second kappa shape index (κ2) is 5.31. The number of pyridine rings is 1. The average Bonchev–Trinajstić information content (AvgIpc) is 2.37. The van der Waals surface area contributed by atoms with Crippen LogP contribution < -0.4 is 0 Å². The van der Waals surface area contributed by atoms with Gasteiger partial charge in [-0.3, -0.25) is 4.98 Å². The molecule has 1 aromatic heterocycles. The Balaban J connectivity index is 2.53. The maximum absolute atomic E-state index is 12.5. The van der Waals surface area contributed by atoms with Gasteiger partial charge in [-0.2, -0.15) is 13.2 Å². The lowest BCUT2D eigenvalue weighted by atomic mass is 10.1. The molecule has 1 aromatic carbocycles. The molecule has 0 saturated heterocycles. The second-order valence-corrected chi connectivity index (χ2v) is 6.68. The van der Waals surface area contributed by atoms with Crippen LogP contribution in [0, 0.1) is 0 Å². The minimum atomic E-state index is -4.48. The Morgan fingerprint density at radius 2 is 1.81 bits per heavy atom. The van der Waals surface area contributed by atoms with Gasteiger partial charge in [0.2, 0.25) is 0 Å². The van der Waals surface area contributed by atoms with Crippen molar-refractivity contribution in [2.45, 2.75) is 11.1 Å². The first-order valence-electron chi connectivity index (χ1n) is 5.63. The molecule has 21 heavy (non-hydrogen) atoms. The van der Waals surface area contributed by atoms with E-state index in [1.54, 1.807) is 0 Å². The van der Waals surface area contributed by atoms with Crippen LogP contribution in [0.4, 0.5) is 13.2 Å². The predicted molar refractivity (Wildman–Crippen MR) is 72.8 cm³/mol. The van der Waals surface area contributed by atoms with Gasteiger partial charge in [0.15, 0.2) is 9.84 Å². The van der Waals surface area contributed by atoms with Crippen LogP contribution in [0.5, 0.6) is 0 Å². The molecule has 0 aliphatic heterocycles. The molecule has 0 atom stereocenters. The van der Waals surface area contributed by atoms with E-state index in [0.717, 1.165) is 18.4 Å². The topological polar surface area (TPSA) is 47.0 Å². The highest BCUT2D eigenvalue weighted by molar-refractivity contribution is 7.90. The highest BCUT2D eigenvalue weighted by Gasteiger charge is 2.30. The Hall–Kier alpha value is -1.60. The van der Waals surface area contributed by atoms with E-state index in [2.05, 4.69) is 4.98 Å². The molecule has 0 radical (unpaired) electrons. The van der Waals surface area contributed by atoms with E-state index in [1.807, 2.05) is 0 Å². The van der Waals surface area contributed by atoms with E-state index in [1.165, 1.54) is 18.2 Å². The van der Waals surface area contributed by atoms with Gasteiger partial charge in [0, 0.05) is 18.0 Å². The van der Waals surface area contributed by atoms with Gasteiger partial charge < -0.3 is 0 Å². The molecular formula is C13H9ClF3NO2S. The molecule has 0 aliphatic rings. The van der Waals surface area contributed by atoms with Gasteiger partial charge >= 0.3 is 6.18 Å². The van der Waals surface area contributed by atoms with Crippen molar-refractivity contribution in [2.24, 2.45) is 0 Å². The number of halogens is 4. The predicted octanol–water partition coefficient (Wildman–Crippen LogP) is 3.82. The number of rotatable bonds is 2. The number of hydrogen-bond acceptors (Lipinski definition) is 3. The molecule has 0 saturated carbocycles. The zero-order valence-corrected chi connectivity index (χ0v) is 12.2. The molecule has 1 heterocycles. The first-order valence-corrected chi connectivity index (χ1v) is 7.90. The molecule has 0 bridgehead atoms. The summed E-state index contributed by atoms with van der Waals surface area (Å²) in [6, 6.07) is 6.29. The Morgan fingerprint density at radius 3 is 2.29 bits per heavy atom. The van der Waals surface area contributed by atoms with E-state index < -0.39 is 21.6 Å². The number of nitrogens with zero attached hydrogens (tertiary/aromatic N) is 1. The smallest absolute Gasteiger partial charge is 0.256 e. The van der Waals surface area contributed by atoms with Gasteiger partial charge in [0.05, 0.1) is 21.2 Å². The quantitative estimate of drug-likeness (QED) is 0.838. The van der Waals surface area contributed by atoms with Crippen LogP contribution in [0.25, 0.3) is 11.3 Å². The molecule has 112 valence electrons. The van der Waals surface area contributed by atoms with Gasteiger partial charge in [0.1, 0.15) is 0 Å². The Labute approximate surface area is 124 Å². The number of aromatic nitrogens is 1. The Kier molecular flexibility index (Phi) is 3.99. The molecular weight excluding hydrogens is 327 g/mol. The first kappa shape index (κ1) is 15.8. The third-order valence-corrected chi connectivity index (χ3v) is 4.39. The summed E-state index contributed by atoms with van der Waals surface area (Å²) in [5.41, 5.74) is -0.464. The molecule has 3 nitrogen and oxygen atoms in total. The van der Waals surface area contributed by atoms with Crippen molar-refractivity contribution in [1.82, 2.24) is 4.98 Å². The van der Waals surface area contributed by atoms with Gasteiger partial charge in [-0.15, -0.1) is 0 Å². The summed E-state index contributed by atoms with van der Waals surface area (Å²) in [7, 11) is -3.54. The Morgan fingerprint density at radius 1 is 1.14 bits per heavy atom. The number of alkyl halides is 3. The number of sulfone groups is 1. The van der Waals surface area contributed by atoms with Gasteiger partial charge in [-0.1, -0.05) is 23.7 Å². The Bertz CT molecular complexity index is 771. The third kappa shape index (κ3) is 3.36. The highest BCUT2D eigenvalue weighted by atomic mass is 35.5.